The molecule has 0 spiro atoms. The van der Waals surface area contributed by atoms with E-state index in [9.17, 15) is 18.4 Å². The number of anilines is 1. The lowest BCUT2D eigenvalue weighted by Gasteiger charge is -2.25. The summed E-state index contributed by atoms with van der Waals surface area (Å²) < 4.78 is 38.6. The molecule has 0 aliphatic heterocycles. The second kappa shape index (κ2) is 12.6. The number of ether oxygens (including phenoxy) is 2. The van der Waals surface area contributed by atoms with Gasteiger partial charge in [0.1, 0.15) is 17.1 Å². The number of para-hydroxylation sites is 1. The molecule has 10 nitrogen and oxygen atoms in total. The number of hydrogen-bond acceptors (Lipinski definition) is 9. The molecule has 1 unspecified atom stereocenters. The van der Waals surface area contributed by atoms with Crippen LogP contribution in [0.1, 0.15) is 66.9 Å². The fourth-order valence-corrected chi connectivity index (χ4v) is 4.90. The second-order valence-electron chi connectivity index (χ2n) is 10.4. The van der Waals surface area contributed by atoms with E-state index < -0.39 is 18.3 Å². The van der Waals surface area contributed by atoms with E-state index in [1.807, 2.05) is 25.9 Å². The van der Waals surface area contributed by atoms with Crippen molar-refractivity contribution in [3.8, 4) is 23.3 Å². The number of nitrogens with one attached hydrogen (secondary N) is 1. The molecule has 0 fully saturated rings. The molecule has 2 aromatic carbocycles. The van der Waals surface area contributed by atoms with E-state index in [0.29, 0.717) is 40.1 Å². The Bertz CT molecular complexity index is 1670. The van der Waals surface area contributed by atoms with Gasteiger partial charge in [-0.1, -0.05) is 30.2 Å². The second-order valence-corrected chi connectivity index (χ2v) is 11.4. The fourth-order valence-electron chi connectivity index (χ4n) is 4.31. The molecular formula is C29H30F2N6O4S. The van der Waals surface area contributed by atoms with Gasteiger partial charge in [-0.25, -0.2) is 9.78 Å². The van der Waals surface area contributed by atoms with Crippen LogP contribution in [0.5, 0.6) is 5.75 Å². The summed E-state index contributed by atoms with van der Waals surface area (Å²) in [6.07, 6.45) is 0.609. The fraction of sp³-hybridized carbons (Fsp3) is 0.345. The number of carbonyl (C=O) groups excluding carboxylic acids is 2. The zero-order valence-corrected chi connectivity index (χ0v) is 24.8. The molecule has 4 aromatic rings. The van der Waals surface area contributed by atoms with Crippen LogP contribution in [-0.4, -0.2) is 63.3 Å². The first-order valence-electron chi connectivity index (χ1n) is 13.0. The molecule has 0 bridgehead atoms. The average Bonchev–Trinajstić information content (AvgIpc) is 3.49. The minimum Gasteiger partial charge on any atom is -0.444 e. The highest BCUT2D eigenvalue weighted by molar-refractivity contribution is 7.15. The number of imidazole rings is 1. The number of carbonyl (C=O) groups is 2. The van der Waals surface area contributed by atoms with Gasteiger partial charge in [-0.15, -0.1) is 10.2 Å². The van der Waals surface area contributed by atoms with E-state index in [1.54, 1.807) is 43.5 Å². The monoisotopic (exact) mass is 596 g/mol. The van der Waals surface area contributed by atoms with Gasteiger partial charge in [-0.05, 0) is 77.5 Å². The molecular weight excluding hydrogens is 566 g/mol. The Balaban J connectivity index is 1.80. The molecule has 2 heterocycles. The average molecular weight is 597 g/mol. The third-order valence-electron chi connectivity index (χ3n) is 5.93. The topological polar surface area (TPSA) is 111 Å². The Morgan fingerprint density at radius 2 is 1.95 bits per heavy atom. The minimum atomic E-state index is -3.09. The van der Waals surface area contributed by atoms with Crippen LogP contribution < -0.4 is 10.1 Å². The Hall–Kier alpha value is -4.41. The van der Waals surface area contributed by atoms with Gasteiger partial charge in [-0.2, -0.15) is 8.78 Å². The first-order chi connectivity index (χ1) is 19.9. The van der Waals surface area contributed by atoms with Crippen LogP contribution in [0.3, 0.4) is 0 Å². The minimum absolute atomic E-state index is 0.154. The van der Waals surface area contributed by atoms with Crippen LogP contribution in [-0.2, 0) is 4.74 Å². The van der Waals surface area contributed by atoms with E-state index in [-0.39, 0.29) is 28.2 Å². The molecule has 1 atom stereocenters. The van der Waals surface area contributed by atoms with E-state index in [4.69, 9.17) is 14.5 Å². The van der Waals surface area contributed by atoms with Crippen LogP contribution in [0.15, 0.2) is 36.4 Å². The summed E-state index contributed by atoms with van der Waals surface area (Å²) in [5, 5.41) is 11.1. The zero-order chi connectivity index (χ0) is 30.6. The maximum absolute atomic E-state index is 13.4. The lowest BCUT2D eigenvalue weighted by molar-refractivity contribution is -0.0499. The summed E-state index contributed by atoms with van der Waals surface area (Å²) in [7, 11) is 3.79. The largest absolute Gasteiger partial charge is 0.444 e. The number of alkyl halides is 2. The van der Waals surface area contributed by atoms with E-state index in [2.05, 4.69) is 27.4 Å². The number of halogens is 2. The van der Waals surface area contributed by atoms with Gasteiger partial charge in [0.25, 0.3) is 0 Å². The summed E-state index contributed by atoms with van der Waals surface area (Å²) in [6, 6.07) is 9.51. The first-order valence-corrected chi connectivity index (χ1v) is 13.8. The summed E-state index contributed by atoms with van der Waals surface area (Å²) >= 11 is 1.08. The van der Waals surface area contributed by atoms with E-state index in [1.165, 1.54) is 18.2 Å². The normalized spacial score (nSPS) is 12.2. The third kappa shape index (κ3) is 7.07. The molecule has 0 saturated carbocycles. The van der Waals surface area contributed by atoms with Gasteiger partial charge in [0.2, 0.25) is 5.13 Å². The molecule has 4 rings (SSSR count). The Kier molecular flexibility index (Phi) is 9.18. The van der Waals surface area contributed by atoms with Crippen molar-refractivity contribution >= 4 is 39.9 Å². The van der Waals surface area contributed by atoms with Crippen molar-refractivity contribution in [1.29, 1.82) is 0 Å². The molecule has 0 radical (unpaired) electrons. The molecule has 0 aliphatic rings. The molecule has 2 aromatic heterocycles. The number of rotatable bonds is 8. The highest BCUT2D eigenvalue weighted by Crippen LogP contribution is 2.36. The Labute approximate surface area is 245 Å². The maximum atomic E-state index is 13.4. The SMILES string of the molecule is CCC(c1nc2ccc(C#Cc3nnc(NC(=O)OC(C)(C)C)s3)cc2n1-c1c(C=O)cccc1OC(F)F)N(C)C. The van der Waals surface area contributed by atoms with E-state index >= 15 is 0 Å². The van der Waals surface area contributed by atoms with Crippen molar-refractivity contribution in [2.24, 2.45) is 0 Å². The standard InChI is InChI=1S/C29H30F2N6O4S/c1-7-20(36(5)6)25-32-19-13-11-17(12-14-23-34-35-27(42-23)33-28(39)41-29(2,3)4)15-21(19)37(25)24-18(16-38)9-8-10-22(24)40-26(30)31/h8-11,13,15-16,20,26H,7H2,1-6H3,(H,33,35,39). The molecule has 13 heteroatoms. The molecule has 1 amide bonds. The van der Waals surface area contributed by atoms with E-state index in [0.717, 1.165) is 11.3 Å². The highest BCUT2D eigenvalue weighted by Gasteiger charge is 2.26. The van der Waals surface area contributed by atoms with Crippen LogP contribution in [0, 0.1) is 11.8 Å². The molecule has 0 saturated heterocycles. The van der Waals surface area contributed by atoms with Crippen molar-refractivity contribution in [1.82, 2.24) is 24.6 Å². The summed E-state index contributed by atoms with van der Waals surface area (Å²) in [4.78, 5) is 30.9. The van der Waals surface area contributed by atoms with Gasteiger partial charge < -0.3 is 9.47 Å². The number of aldehydes is 1. The van der Waals surface area contributed by atoms with Gasteiger partial charge in [0, 0.05) is 11.1 Å². The number of fused-ring (bicyclic) bond motifs is 1. The maximum Gasteiger partial charge on any atom is 0.414 e. The predicted octanol–water partition coefficient (Wildman–Crippen LogP) is 6.05. The van der Waals surface area contributed by atoms with Crippen LogP contribution in [0.25, 0.3) is 16.7 Å². The van der Waals surface area contributed by atoms with Crippen molar-refractivity contribution in [2.75, 3.05) is 19.4 Å². The number of amides is 1. The van der Waals surface area contributed by atoms with Crippen LogP contribution >= 0.6 is 11.3 Å². The summed E-state index contributed by atoms with van der Waals surface area (Å²) in [5.41, 5.74) is 1.37. The zero-order valence-electron chi connectivity index (χ0n) is 23.9. The van der Waals surface area contributed by atoms with Crippen molar-refractivity contribution < 1.29 is 27.8 Å². The quantitative estimate of drug-likeness (QED) is 0.193. The summed E-state index contributed by atoms with van der Waals surface area (Å²) in [5.74, 6) is 6.36. The third-order valence-corrected chi connectivity index (χ3v) is 6.69. The smallest absolute Gasteiger partial charge is 0.414 e. The van der Waals surface area contributed by atoms with Gasteiger partial charge >= 0.3 is 12.7 Å². The van der Waals surface area contributed by atoms with Gasteiger partial charge in [0.15, 0.2) is 17.0 Å². The highest BCUT2D eigenvalue weighted by atomic mass is 32.1. The van der Waals surface area contributed by atoms with Crippen molar-refractivity contribution in [3.05, 3.63) is 58.4 Å². The van der Waals surface area contributed by atoms with Crippen molar-refractivity contribution in [2.45, 2.75) is 52.4 Å². The first kappa shape index (κ1) is 30.5. The Morgan fingerprint density at radius 1 is 1.19 bits per heavy atom. The molecule has 42 heavy (non-hydrogen) atoms. The van der Waals surface area contributed by atoms with Gasteiger partial charge in [-0.3, -0.25) is 19.6 Å². The number of benzene rings is 2. The Morgan fingerprint density at radius 3 is 2.60 bits per heavy atom. The van der Waals surface area contributed by atoms with Crippen LogP contribution in [0.2, 0.25) is 0 Å². The lowest BCUT2D eigenvalue weighted by Crippen LogP contribution is -2.27. The summed E-state index contributed by atoms with van der Waals surface area (Å²) in [6.45, 7) is 4.15. The number of hydrogen-bond donors (Lipinski definition) is 1. The van der Waals surface area contributed by atoms with Gasteiger partial charge in [0.05, 0.1) is 17.1 Å². The lowest BCUT2D eigenvalue weighted by atomic mass is 10.1. The van der Waals surface area contributed by atoms with Crippen LogP contribution in [0.4, 0.5) is 18.7 Å². The molecule has 0 aliphatic carbocycles. The molecule has 220 valence electrons. The van der Waals surface area contributed by atoms with Crippen molar-refractivity contribution in [3.63, 3.8) is 0 Å². The number of aromatic nitrogens is 4. The number of nitrogens with zero attached hydrogens (tertiary/aromatic N) is 5. The molecule has 1 N–H and O–H groups in total. The predicted molar refractivity (Wildman–Crippen MR) is 156 cm³/mol.